The van der Waals surface area contributed by atoms with Gasteiger partial charge in [-0.3, -0.25) is 0 Å². The quantitative estimate of drug-likeness (QED) is 0.646. The monoisotopic (exact) mass is 218 g/mol. The third-order valence-electron chi connectivity index (χ3n) is 3.67. The molecule has 0 unspecified atom stereocenters. The molecule has 0 radical (unpaired) electrons. The number of benzene rings is 1. The van der Waals surface area contributed by atoms with Crippen molar-refractivity contribution in [2.24, 2.45) is 5.92 Å². The van der Waals surface area contributed by atoms with Crippen LogP contribution in [0.3, 0.4) is 0 Å². The van der Waals surface area contributed by atoms with Gasteiger partial charge in [0.2, 0.25) is 0 Å². The van der Waals surface area contributed by atoms with Gasteiger partial charge in [0.15, 0.2) is 0 Å². The molecule has 2 rings (SSSR count). The number of rotatable bonds is 3. The summed E-state index contributed by atoms with van der Waals surface area (Å²) in [5.74, 6) is 1.27. The van der Waals surface area contributed by atoms with E-state index in [9.17, 15) is 4.39 Å². The van der Waals surface area contributed by atoms with Crippen LogP contribution in [0.4, 0.5) is 4.39 Å². The van der Waals surface area contributed by atoms with E-state index < -0.39 is 0 Å². The molecule has 0 nitrogen and oxygen atoms in total. The second-order valence-electron chi connectivity index (χ2n) is 4.80. The Morgan fingerprint density at radius 3 is 2.62 bits per heavy atom. The zero-order valence-electron chi connectivity index (χ0n) is 9.66. The summed E-state index contributed by atoms with van der Waals surface area (Å²) in [6.07, 6.45) is 8.06. The van der Waals surface area contributed by atoms with Crippen molar-refractivity contribution in [1.29, 1.82) is 0 Å². The zero-order valence-corrected chi connectivity index (χ0v) is 9.66. The van der Waals surface area contributed by atoms with Gasteiger partial charge in [-0.2, -0.15) is 0 Å². The summed E-state index contributed by atoms with van der Waals surface area (Å²) in [5.41, 5.74) is 1.18. The molecule has 0 N–H and O–H groups in total. The average molecular weight is 218 g/mol. The normalized spacial score (nSPS) is 25.3. The average Bonchev–Trinajstić information content (AvgIpc) is 2.30. The van der Waals surface area contributed by atoms with Crippen LogP contribution in [0.1, 0.15) is 43.6 Å². The highest BCUT2D eigenvalue weighted by atomic mass is 19.1. The van der Waals surface area contributed by atoms with Gasteiger partial charge in [0.05, 0.1) is 0 Å². The molecule has 0 bridgehead atoms. The number of halogens is 1. The third-order valence-corrected chi connectivity index (χ3v) is 3.67. The minimum atomic E-state index is -0.106. The van der Waals surface area contributed by atoms with E-state index in [1.54, 1.807) is 6.07 Å². The fourth-order valence-corrected chi connectivity index (χ4v) is 2.73. The van der Waals surface area contributed by atoms with Crippen molar-refractivity contribution in [2.75, 3.05) is 0 Å². The zero-order chi connectivity index (χ0) is 11.4. The van der Waals surface area contributed by atoms with Crippen LogP contribution in [0.15, 0.2) is 36.9 Å². The van der Waals surface area contributed by atoms with Gasteiger partial charge < -0.3 is 0 Å². The Hall–Kier alpha value is -1.11. The molecule has 1 aliphatic rings. The van der Waals surface area contributed by atoms with E-state index in [1.165, 1.54) is 37.3 Å². The van der Waals surface area contributed by atoms with E-state index >= 15 is 0 Å². The van der Waals surface area contributed by atoms with Gasteiger partial charge in [-0.25, -0.2) is 4.39 Å². The lowest BCUT2D eigenvalue weighted by molar-refractivity contribution is 0.328. The topological polar surface area (TPSA) is 0 Å². The molecule has 1 aromatic rings. The molecular weight excluding hydrogens is 199 g/mol. The lowest BCUT2D eigenvalue weighted by Crippen LogP contribution is -2.12. The fraction of sp³-hybridized carbons (Fsp3) is 0.467. The third kappa shape index (κ3) is 2.72. The summed E-state index contributed by atoms with van der Waals surface area (Å²) in [6.45, 7) is 3.79. The maximum absolute atomic E-state index is 13.1. The molecule has 0 amide bonds. The molecule has 1 heteroatoms. The Morgan fingerprint density at radius 2 is 2.00 bits per heavy atom. The Morgan fingerprint density at radius 1 is 1.25 bits per heavy atom. The molecule has 86 valence electrons. The van der Waals surface area contributed by atoms with E-state index in [0.717, 1.165) is 12.3 Å². The van der Waals surface area contributed by atoms with Crippen molar-refractivity contribution in [3.05, 3.63) is 48.3 Å². The van der Waals surface area contributed by atoms with Gasteiger partial charge in [-0.15, -0.1) is 6.58 Å². The van der Waals surface area contributed by atoms with Crippen LogP contribution < -0.4 is 0 Å². The first-order valence-corrected chi connectivity index (χ1v) is 6.16. The molecule has 0 spiro atoms. The van der Waals surface area contributed by atoms with E-state index in [1.807, 2.05) is 12.1 Å². The predicted octanol–water partition coefficient (Wildman–Crippen LogP) is 4.68. The van der Waals surface area contributed by atoms with E-state index in [-0.39, 0.29) is 5.82 Å². The van der Waals surface area contributed by atoms with Gasteiger partial charge in [0, 0.05) is 0 Å². The van der Waals surface area contributed by atoms with Crippen molar-refractivity contribution in [1.82, 2.24) is 0 Å². The number of hydrogen-bond acceptors (Lipinski definition) is 0. The Kier molecular flexibility index (Phi) is 3.76. The number of hydrogen-bond donors (Lipinski definition) is 0. The van der Waals surface area contributed by atoms with Crippen LogP contribution >= 0.6 is 0 Å². The summed E-state index contributed by atoms with van der Waals surface area (Å²) in [7, 11) is 0. The summed E-state index contributed by atoms with van der Waals surface area (Å²) in [4.78, 5) is 0. The van der Waals surface area contributed by atoms with Crippen LogP contribution in [0.2, 0.25) is 0 Å². The number of allylic oxidation sites excluding steroid dienone is 1. The maximum atomic E-state index is 13.1. The smallest absolute Gasteiger partial charge is 0.123 e. The molecular formula is C15H19F. The highest BCUT2D eigenvalue weighted by Crippen LogP contribution is 2.37. The molecule has 0 aromatic heterocycles. The predicted molar refractivity (Wildman–Crippen MR) is 65.9 cm³/mol. The Bertz CT molecular complexity index is 348. The largest absolute Gasteiger partial charge is 0.207 e. The Balaban J connectivity index is 1.96. The van der Waals surface area contributed by atoms with Crippen LogP contribution in [-0.2, 0) is 0 Å². The van der Waals surface area contributed by atoms with Gasteiger partial charge >= 0.3 is 0 Å². The van der Waals surface area contributed by atoms with Crippen LogP contribution in [0.25, 0.3) is 0 Å². The lowest BCUT2D eigenvalue weighted by Gasteiger charge is -2.28. The van der Waals surface area contributed by atoms with Crippen molar-refractivity contribution in [3.8, 4) is 0 Å². The Labute approximate surface area is 97.2 Å². The molecule has 0 atom stereocenters. The van der Waals surface area contributed by atoms with Gasteiger partial charge in [0.1, 0.15) is 5.82 Å². The van der Waals surface area contributed by atoms with Gasteiger partial charge in [-0.1, -0.05) is 18.2 Å². The SMILES string of the molecule is C=CC[C@H]1CC[C@H](c2cccc(F)c2)CC1. The highest BCUT2D eigenvalue weighted by Gasteiger charge is 2.21. The highest BCUT2D eigenvalue weighted by molar-refractivity contribution is 5.21. The molecule has 0 heterocycles. The molecule has 16 heavy (non-hydrogen) atoms. The van der Waals surface area contributed by atoms with Crippen molar-refractivity contribution in [2.45, 2.75) is 38.0 Å². The van der Waals surface area contributed by atoms with Crippen LogP contribution in [-0.4, -0.2) is 0 Å². The van der Waals surface area contributed by atoms with E-state index in [2.05, 4.69) is 12.6 Å². The molecule has 1 aliphatic carbocycles. The van der Waals surface area contributed by atoms with Crippen molar-refractivity contribution >= 4 is 0 Å². The minimum Gasteiger partial charge on any atom is -0.207 e. The van der Waals surface area contributed by atoms with Gasteiger partial charge in [0.25, 0.3) is 0 Å². The standard InChI is InChI=1S/C15H19F/c1-2-4-12-7-9-13(10-8-12)14-5-3-6-15(16)11-14/h2-3,5-6,11-13H,1,4,7-10H2/t12-,13-. The molecule has 1 aromatic carbocycles. The van der Waals surface area contributed by atoms with Crippen molar-refractivity contribution in [3.63, 3.8) is 0 Å². The summed E-state index contributed by atoms with van der Waals surface area (Å²) >= 11 is 0. The summed E-state index contributed by atoms with van der Waals surface area (Å²) < 4.78 is 13.1. The maximum Gasteiger partial charge on any atom is 0.123 e. The first kappa shape index (κ1) is 11.4. The fourth-order valence-electron chi connectivity index (χ4n) is 2.73. The second-order valence-corrected chi connectivity index (χ2v) is 4.80. The van der Waals surface area contributed by atoms with Crippen molar-refractivity contribution < 1.29 is 4.39 Å². The molecule has 0 aliphatic heterocycles. The van der Waals surface area contributed by atoms with E-state index in [0.29, 0.717) is 5.92 Å². The molecule has 1 fully saturated rings. The van der Waals surface area contributed by atoms with Gasteiger partial charge in [-0.05, 0) is 61.6 Å². The summed E-state index contributed by atoms with van der Waals surface area (Å²) in [6, 6.07) is 7.09. The molecule has 0 saturated heterocycles. The van der Waals surface area contributed by atoms with Crippen LogP contribution in [0.5, 0.6) is 0 Å². The van der Waals surface area contributed by atoms with E-state index in [4.69, 9.17) is 0 Å². The minimum absolute atomic E-state index is 0.106. The second kappa shape index (κ2) is 5.29. The lowest BCUT2D eigenvalue weighted by atomic mass is 9.77. The van der Waals surface area contributed by atoms with Crippen LogP contribution in [0, 0.1) is 11.7 Å². The molecule has 1 saturated carbocycles. The first-order valence-electron chi connectivity index (χ1n) is 6.16. The summed E-state index contributed by atoms with van der Waals surface area (Å²) in [5, 5.41) is 0. The first-order chi connectivity index (χ1) is 7.79.